The maximum Gasteiger partial charge on any atom is 0.125 e. The van der Waals surface area contributed by atoms with Crippen LogP contribution in [0.4, 0.5) is 0 Å². The Balaban J connectivity index is 3.94. The van der Waals surface area contributed by atoms with Crippen molar-refractivity contribution in [3.05, 3.63) is 11.6 Å². The van der Waals surface area contributed by atoms with E-state index in [1.165, 1.54) is 0 Å². The molecule has 52 valence electrons. The average molecular weight is 134 g/mol. The van der Waals surface area contributed by atoms with E-state index in [1.54, 1.807) is 6.08 Å². The van der Waals surface area contributed by atoms with Gasteiger partial charge in [-0.1, -0.05) is 19.9 Å². The Morgan fingerprint density at radius 1 is 1.40 bits per heavy atom. The van der Waals surface area contributed by atoms with E-state index in [0.717, 1.165) is 6.42 Å². The highest BCUT2D eigenvalue weighted by atomic mass is 14.3. The fourth-order valence-corrected chi connectivity index (χ4v) is 0.470. The Hall–Kier alpha value is -1.28. The SMILES string of the molecule is CC(C)CC=C(C#N)C#N. The van der Waals surface area contributed by atoms with E-state index in [1.807, 2.05) is 26.0 Å². The molecular formula is C8H10N2. The molecule has 0 aromatic heterocycles. The average Bonchev–Trinajstić information content (AvgIpc) is 1.90. The number of rotatable bonds is 2. The summed E-state index contributed by atoms with van der Waals surface area (Å²) in [6.07, 6.45) is 2.47. The summed E-state index contributed by atoms with van der Waals surface area (Å²) >= 11 is 0. The zero-order valence-electron chi connectivity index (χ0n) is 6.26. The van der Waals surface area contributed by atoms with Gasteiger partial charge in [0.15, 0.2) is 0 Å². The number of hydrogen-bond acceptors (Lipinski definition) is 2. The summed E-state index contributed by atoms with van der Waals surface area (Å²) in [5, 5.41) is 16.6. The van der Waals surface area contributed by atoms with E-state index >= 15 is 0 Å². The number of hydrogen-bond donors (Lipinski definition) is 0. The van der Waals surface area contributed by atoms with Crippen LogP contribution in [-0.2, 0) is 0 Å². The van der Waals surface area contributed by atoms with Crippen LogP contribution in [0.15, 0.2) is 11.6 Å². The summed E-state index contributed by atoms with van der Waals surface area (Å²) in [5.74, 6) is 0.511. The Morgan fingerprint density at radius 2 is 1.90 bits per heavy atom. The summed E-state index contributed by atoms with van der Waals surface area (Å²) in [7, 11) is 0. The minimum absolute atomic E-state index is 0.216. The minimum Gasteiger partial charge on any atom is -0.192 e. The predicted molar refractivity (Wildman–Crippen MR) is 38.8 cm³/mol. The molecule has 0 unspecified atom stereocenters. The van der Waals surface area contributed by atoms with Crippen LogP contribution >= 0.6 is 0 Å². The van der Waals surface area contributed by atoms with Crippen molar-refractivity contribution >= 4 is 0 Å². The van der Waals surface area contributed by atoms with Crippen molar-refractivity contribution in [3.63, 3.8) is 0 Å². The number of allylic oxidation sites excluding steroid dienone is 2. The largest absolute Gasteiger partial charge is 0.192 e. The molecule has 0 saturated heterocycles. The third-order valence-electron chi connectivity index (χ3n) is 1.03. The van der Waals surface area contributed by atoms with Crippen LogP contribution in [-0.4, -0.2) is 0 Å². The van der Waals surface area contributed by atoms with Crippen molar-refractivity contribution in [3.8, 4) is 12.1 Å². The molecule has 0 amide bonds. The van der Waals surface area contributed by atoms with Gasteiger partial charge in [0.05, 0.1) is 0 Å². The van der Waals surface area contributed by atoms with Gasteiger partial charge in [-0.25, -0.2) is 0 Å². The second-order valence-corrected chi connectivity index (χ2v) is 2.47. The van der Waals surface area contributed by atoms with Crippen molar-refractivity contribution in [1.82, 2.24) is 0 Å². The van der Waals surface area contributed by atoms with Gasteiger partial charge in [-0.15, -0.1) is 0 Å². The Bertz CT molecular complexity index is 184. The van der Waals surface area contributed by atoms with Gasteiger partial charge in [-0.2, -0.15) is 10.5 Å². The van der Waals surface area contributed by atoms with Crippen LogP contribution < -0.4 is 0 Å². The molecule has 0 saturated carbocycles. The molecule has 10 heavy (non-hydrogen) atoms. The fraction of sp³-hybridized carbons (Fsp3) is 0.500. The fourth-order valence-electron chi connectivity index (χ4n) is 0.470. The quantitative estimate of drug-likeness (QED) is 0.542. The topological polar surface area (TPSA) is 47.6 Å². The summed E-state index contributed by atoms with van der Waals surface area (Å²) in [4.78, 5) is 0. The molecule has 2 nitrogen and oxygen atoms in total. The van der Waals surface area contributed by atoms with Crippen LogP contribution in [0, 0.1) is 28.6 Å². The molecule has 0 aromatic rings. The first-order chi connectivity index (χ1) is 4.70. The normalized spacial score (nSPS) is 8.10. The molecule has 0 radical (unpaired) electrons. The van der Waals surface area contributed by atoms with Crippen LogP contribution in [0.25, 0.3) is 0 Å². The van der Waals surface area contributed by atoms with Gasteiger partial charge in [0.1, 0.15) is 17.7 Å². The van der Waals surface area contributed by atoms with Crippen LogP contribution in [0.2, 0.25) is 0 Å². The molecule has 0 aliphatic carbocycles. The lowest BCUT2D eigenvalue weighted by Gasteiger charge is -1.94. The van der Waals surface area contributed by atoms with Gasteiger partial charge < -0.3 is 0 Å². The summed E-state index contributed by atoms with van der Waals surface area (Å²) in [6, 6.07) is 3.61. The zero-order chi connectivity index (χ0) is 7.98. The molecule has 0 bridgehead atoms. The molecular weight excluding hydrogens is 124 g/mol. The van der Waals surface area contributed by atoms with E-state index in [-0.39, 0.29) is 5.57 Å². The molecule has 0 aliphatic heterocycles. The first-order valence-electron chi connectivity index (χ1n) is 3.21. The number of nitrogens with zero attached hydrogens (tertiary/aromatic N) is 2. The zero-order valence-corrected chi connectivity index (χ0v) is 6.26. The summed E-state index contributed by atoms with van der Waals surface area (Å²) in [6.45, 7) is 4.09. The molecule has 0 rings (SSSR count). The highest BCUT2D eigenvalue weighted by molar-refractivity contribution is 5.34. The van der Waals surface area contributed by atoms with Crippen LogP contribution in [0.1, 0.15) is 20.3 Å². The van der Waals surface area contributed by atoms with Gasteiger partial charge in [0.2, 0.25) is 0 Å². The maximum absolute atomic E-state index is 8.30. The van der Waals surface area contributed by atoms with E-state index in [2.05, 4.69) is 0 Å². The summed E-state index contributed by atoms with van der Waals surface area (Å²) in [5.41, 5.74) is 0.216. The van der Waals surface area contributed by atoms with Crippen molar-refractivity contribution in [2.45, 2.75) is 20.3 Å². The first-order valence-corrected chi connectivity index (χ1v) is 3.21. The van der Waals surface area contributed by atoms with Crippen molar-refractivity contribution in [2.75, 3.05) is 0 Å². The minimum atomic E-state index is 0.216. The molecule has 0 atom stereocenters. The second-order valence-electron chi connectivity index (χ2n) is 2.47. The van der Waals surface area contributed by atoms with Gasteiger partial charge >= 0.3 is 0 Å². The second kappa shape index (κ2) is 4.58. The maximum atomic E-state index is 8.30. The van der Waals surface area contributed by atoms with Gasteiger partial charge in [-0.05, 0) is 12.3 Å². The smallest absolute Gasteiger partial charge is 0.125 e. The third kappa shape index (κ3) is 3.69. The number of nitriles is 2. The van der Waals surface area contributed by atoms with Gasteiger partial charge in [0, 0.05) is 0 Å². The monoisotopic (exact) mass is 134 g/mol. The molecule has 0 N–H and O–H groups in total. The van der Waals surface area contributed by atoms with E-state index in [9.17, 15) is 0 Å². The lowest BCUT2D eigenvalue weighted by atomic mass is 10.1. The molecule has 0 aliphatic rings. The highest BCUT2D eigenvalue weighted by Gasteiger charge is 1.92. The molecule has 2 heteroatoms. The predicted octanol–water partition coefficient (Wildman–Crippen LogP) is 2.01. The molecule has 0 spiro atoms. The Kier molecular flexibility index (Phi) is 4.00. The first kappa shape index (κ1) is 8.72. The van der Waals surface area contributed by atoms with Gasteiger partial charge in [0.25, 0.3) is 0 Å². The lowest BCUT2D eigenvalue weighted by Crippen LogP contribution is -1.83. The standard InChI is InChI=1S/C8H10N2/c1-7(2)3-4-8(5-9)6-10/h4,7H,3H2,1-2H3. The van der Waals surface area contributed by atoms with Crippen molar-refractivity contribution in [1.29, 1.82) is 10.5 Å². The lowest BCUT2D eigenvalue weighted by molar-refractivity contribution is 0.663. The van der Waals surface area contributed by atoms with Gasteiger partial charge in [-0.3, -0.25) is 0 Å². The van der Waals surface area contributed by atoms with Crippen molar-refractivity contribution in [2.24, 2.45) is 5.92 Å². The Morgan fingerprint density at radius 3 is 2.20 bits per heavy atom. The third-order valence-corrected chi connectivity index (χ3v) is 1.03. The van der Waals surface area contributed by atoms with Crippen LogP contribution in [0.3, 0.4) is 0 Å². The summed E-state index contributed by atoms with van der Waals surface area (Å²) < 4.78 is 0. The molecule has 0 aromatic carbocycles. The highest BCUT2D eigenvalue weighted by Crippen LogP contribution is 2.02. The Labute approximate surface area is 61.4 Å². The van der Waals surface area contributed by atoms with E-state index in [4.69, 9.17) is 10.5 Å². The van der Waals surface area contributed by atoms with Crippen LogP contribution in [0.5, 0.6) is 0 Å². The molecule has 0 heterocycles. The van der Waals surface area contributed by atoms with E-state index < -0.39 is 0 Å². The molecule has 0 fully saturated rings. The van der Waals surface area contributed by atoms with E-state index in [0.29, 0.717) is 5.92 Å². The van der Waals surface area contributed by atoms with Crippen molar-refractivity contribution < 1.29 is 0 Å².